The Morgan fingerprint density at radius 2 is 2.33 bits per heavy atom. The van der Waals surface area contributed by atoms with Crippen LogP contribution in [0.2, 0.25) is 0 Å². The highest BCUT2D eigenvalue weighted by molar-refractivity contribution is 7.99. The first kappa shape index (κ1) is 12.8. The molecule has 0 aromatic carbocycles. The molecule has 2 N–H and O–H groups in total. The predicted octanol–water partition coefficient (Wildman–Crippen LogP) is 1.26. The molecule has 1 atom stereocenters. The maximum absolute atomic E-state index is 12.1. The third-order valence-corrected chi connectivity index (χ3v) is 3.80. The minimum Gasteiger partial charge on any atom is -0.392 e. The van der Waals surface area contributed by atoms with Crippen LogP contribution in [0.1, 0.15) is 20.3 Å². The number of rotatable bonds is 4. The molecule has 1 heterocycles. The molecule has 1 unspecified atom stereocenters. The molecule has 1 amide bonds. The van der Waals surface area contributed by atoms with E-state index in [0.717, 1.165) is 17.9 Å². The van der Waals surface area contributed by atoms with Crippen molar-refractivity contribution in [3.05, 3.63) is 0 Å². The normalized spacial score (nSPS) is 20.6. The number of thiocarbonyl (C=S) groups is 1. The van der Waals surface area contributed by atoms with Crippen molar-refractivity contribution in [2.24, 2.45) is 11.7 Å². The van der Waals surface area contributed by atoms with Crippen molar-refractivity contribution in [2.75, 3.05) is 18.1 Å². The van der Waals surface area contributed by atoms with Gasteiger partial charge in [-0.25, -0.2) is 0 Å². The average molecular weight is 246 g/mol. The number of hydrogen-bond donors (Lipinski definition) is 1. The minimum absolute atomic E-state index is 0.171. The SMILES string of the molecule is CC(C)N(CC(N)=S)C(=O)C1CCSC1. The second-order valence-corrected chi connectivity index (χ2v) is 5.76. The number of nitrogens with two attached hydrogens (primary N) is 1. The Hall–Kier alpha value is -0.290. The van der Waals surface area contributed by atoms with Crippen LogP contribution in [0.5, 0.6) is 0 Å². The molecule has 15 heavy (non-hydrogen) atoms. The van der Waals surface area contributed by atoms with Crippen molar-refractivity contribution in [3.63, 3.8) is 0 Å². The Bertz CT molecular complexity index is 250. The summed E-state index contributed by atoms with van der Waals surface area (Å²) in [6.07, 6.45) is 0.990. The zero-order valence-electron chi connectivity index (χ0n) is 9.23. The van der Waals surface area contributed by atoms with Crippen LogP contribution in [0.25, 0.3) is 0 Å². The zero-order valence-corrected chi connectivity index (χ0v) is 10.9. The molecule has 1 aliphatic rings. The largest absolute Gasteiger partial charge is 0.392 e. The van der Waals surface area contributed by atoms with Gasteiger partial charge in [0, 0.05) is 17.7 Å². The third kappa shape index (κ3) is 3.65. The molecular formula is C10H18N2OS2. The van der Waals surface area contributed by atoms with Gasteiger partial charge in [0.15, 0.2) is 0 Å². The number of hydrogen-bond acceptors (Lipinski definition) is 3. The number of amides is 1. The lowest BCUT2D eigenvalue weighted by Crippen LogP contribution is -2.45. The summed E-state index contributed by atoms with van der Waals surface area (Å²) in [4.78, 5) is 14.3. The van der Waals surface area contributed by atoms with Crippen molar-refractivity contribution in [3.8, 4) is 0 Å². The lowest BCUT2D eigenvalue weighted by molar-refractivity contribution is -0.135. The molecule has 86 valence electrons. The van der Waals surface area contributed by atoms with Crippen molar-refractivity contribution < 1.29 is 4.79 Å². The molecule has 3 nitrogen and oxygen atoms in total. The molecule has 0 aromatic rings. The van der Waals surface area contributed by atoms with Crippen molar-refractivity contribution in [1.82, 2.24) is 4.90 Å². The smallest absolute Gasteiger partial charge is 0.227 e. The van der Waals surface area contributed by atoms with Crippen LogP contribution in [0.4, 0.5) is 0 Å². The van der Waals surface area contributed by atoms with E-state index in [4.69, 9.17) is 18.0 Å². The Morgan fingerprint density at radius 1 is 1.67 bits per heavy atom. The standard InChI is InChI=1S/C10H18N2OS2/c1-7(2)12(5-9(11)14)10(13)8-3-4-15-6-8/h7-8H,3-6H2,1-2H3,(H2,11,14). The number of nitrogens with zero attached hydrogens (tertiary/aromatic N) is 1. The molecule has 0 spiro atoms. The zero-order chi connectivity index (χ0) is 11.4. The fraction of sp³-hybridized carbons (Fsp3) is 0.800. The van der Waals surface area contributed by atoms with Gasteiger partial charge in [-0.05, 0) is 26.0 Å². The van der Waals surface area contributed by atoms with Crippen LogP contribution in [0.15, 0.2) is 0 Å². The summed E-state index contributed by atoms with van der Waals surface area (Å²) in [5.41, 5.74) is 5.50. The highest BCUT2D eigenvalue weighted by Crippen LogP contribution is 2.25. The van der Waals surface area contributed by atoms with E-state index in [1.807, 2.05) is 25.6 Å². The van der Waals surface area contributed by atoms with E-state index < -0.39 is 0 Å². The molecule has 1 rings (SSSR count). The van der Waals surface area contributed by atoms with Crippen LogP contribution in [-0.2, 0) is 4.79 Å². The van der Waals surface area contributed by atoms with Gasteiger partial charge in [0.25, 0.3) is 0 Å². The number of carbonyl (C=O) groups excluding carboxylic acids is 1. The van der Waals surface area contributed by atoms with Gasteiger partial charge in [0.05, 0.1) is 11.5 Å². The van der Waals surface area contributed by atoms with E-state index in [2.05, 4.69) is 0 Å². The maximum Gasteiger partial charge on any atom is 0.227 e. The fourth-order valence-electron chi connectivity index (χ4n) is 1.65. The summed E-state index contributed by atoms with van der Waals surface area (Å²) in [5, 5.41) is 0. The number of thioether (sulfide) groups is 1. The highest BCUT2D eigenvalue weighted by Gasteiger charge is 2.29. The molecule has 0 radical (unpaired) electrons. The first-order valence-electron chi connectivity index (χ1n) is 5.19. The van der Waals surface area contributed by atoms with Gasteiger partial charge < -0.3 is 10.6 Å². The lowest BCUT2D eigenvalue weighted by Gasteiger charge is -2.28. The van der Waals surface area contributed by atoms with E-state index in [-0.39, 0.29) is 17.9 Å². The lowest BCUT2D eigenvalue weighted by atomic mass is 10.1. The van der Waals surface area contributed by atoms with Crippen LogP contribution in [0.3, 0.4) is 0 Å². The van der Waals surface area contributed by atoms with Crippen LogP contribution in [0, 0.1) is 5.92 Å². The summed E-state index contributed by atoms with van der Waals surface area (Å²) >= 11 is 6.71. The summed E-state index contributed by atoms with van der Waals surface area (Å²) in [5.74, 6) is 2.42. The van der Waals surface area contributed by atoms with Crippen molar-refractivity contribution in [1.29, 1.82) is 0 Å². The first-order valence-corrected chi connectivity index (χ1v) is 6.75. The van der Waals surface area contributed by atoms with Crippen molar-refractivity contribution >= 4 is 34.9 Å². The van der Waals surface area contributed by atoms with Crippen molar-refractivity contribution in [2.45, 2.75) is 26.3 Å². The first-order chi connectivity index (χ1) is 7.02. The molecule has 0 aliphatic carbocycles. The molecule has 1 fully saturated rings. The van der Waals surface area contributed by atoms with Gasteiger partial charge in [-0.2, -0.15) is 11.8 Å². The van der Waals surface area contributed by atoms with Gasteiger partial charge in [-0.15, -0.1) is 0 Å². The summed E-state index contributed by atoms with van der Waals surface area (Å²) < 4.78 is 0. The van der Waals surface area contributed by atoms with E-state index in [1.165, 1.54) is 0 Å². The van der Waals surface area contributed by atoms with Crippen LogP contribution in [-0.4, -0.2) is 39.9 Å². The fourth-order valence-corrected chi connectivity index (χ4v) is 3.00. The monoisotopic (exact) mass is 246 g/mol. The van der Waals surface area contributed by atoms with E-state index in [1.54, 1.807) is 4.90 Å². The molecule has 1 saturated heterocycles. The summed E-state index contributed by atoms with van der Waals surface area (Å²) in [6.45, 7) is 4.41. The summed E-state index contributed by atoms with van der Waals surface area (Å²) in [7, 11) is 0. The van der Waals surface area contributed by atoms with Crippen LogP contribution >= 0.6 is 24.0 Å². The number of carbonyl (C=O) groups is 1. The van der Waals surface area contributed by atoms with Gasteiger partial charge >= 0.3 is 0 Å². The second-order valence-electron chi connectivity index (χ2n) is 4.09. The molecule has 5 heteroatoms. The Kier molecular flexibility index (Phi) is 4.86. The Balaban J connectivity index is 2.61. The molecular weight excluding hydrogens is 228 g/mol. The third-order valence-electron chi connectivity index (χ3n) is 2.51. The molecule has 0 saturated carbocycles. The maximum atomic E-state index is 12.1. The molecule has 0 bridgehead atoms. The van der Waals surface area contributed by atoms with Gasteiger partial charge in [-0.3, -0.25) is 4.79 Å². The van der Waals surface area contributed by atoms with Gasteiger partial charge in [0.2, 0.25) is 5.91 Å². The van der Waals surface area contributed by atoms with Gasteiger partial charge in [-0.1, -0.05) is 12.2 Å². The highest BCUT2D eigenvalue weighted by atomic mass is 32.2. The minimum atomic E-state index is 0.171. The van der Waals surface area contributed by atoms with Gasteiger partial charge in [0.1, 0.15) is 0 Å². The quantitative estimate of drug-likeness (QED) is 0.759. The molecule has 1 aliphatic heterocycles. The summed E-state index contributed by atoms with van der Waals surface area (Å²) in [6, 6.07) is 0.171. The Labute approximate surface area is 101 Å². The Morgan fingerprint density at radius 3 is 2.73 bits per heavy atom. The van der Waals surface area contributed by atoms with Crippen LogP contribution < -0.4 is 5.73 Å². The predicted molar refractivity (Wildman–Crippen MR) is 69.1 cm³/mol. The van der Waals surface area contributed by atoms with E-state index >= 15 is 0 Å². The van der Waals surface area contributed by atoms with E-state index in [9.17, 15) is 4.79 Å². The second kappa shape index (κ2) is 5.70. The average Bonchev–Trinajstić information content (AvgIpc) is 2.65. The molecule has 0 aromatic heterocycles. The van der Waals surface area contributed by atoms with E-state index in [0.29, 0.717) is 11.5 Å². The topological polar surface area (TPSA) is 46.3 Å².